The Morgan fingerprint density at radius 2 is 1.54 bits per heavy atom. The summed E-state index contributed by atoms with van der Waals surface area (Å²) in [7, 11) is 0. The first-order valence-electron chi connectivity index (χ1n) is 8.59. The minimum Gasteiger partial charge on any atom is -0.251 e. The van der Waals surface area contributed by atoms with E-state index in [4.69, 9.17) is 5.26 Å². The Balaban J connectivity index is 0.00000123. The lowest BCUT2D eigenvalue weighted by atomic mass is 9.47. The zero-order chi connectivity index (χ0) is 19.3. The highest BCUT2D eigenvalue weighted by Gasteiger charge is 2.53. The molecule has 0 spiro atoms. The van der Waals surface area contributed by atoms with Gasteiger partial charge in [-0.3, -0.25) is 5.26 Å². The third-order valence-corrected chi connectivity index (χ3v) is 6.40. The summed E-state index contributed by atoms with van der Waals surface area (Å²) >= 11 is 4.24. The Bertz CT molecular complexity index is 535. The first kappa shape index (κ1) is 24.6. The Morgan fingerprint density at radius 3 is 2.00 bits per heavy atom. The third-order valence-electron chi connectivity index (χ3n) is 6.40. The van der Waals surface area contributed by atoms with E-state index in [9.17, 15) is 0 Å². The van der Waals surface area contributed by atoms with Gasteiger partial charge in [-0.05, 0) is 51.8 Å². The van der Waals surface area contributed by atoms with Gasteiger partial charge in [0.1, 0.15) is 6.61 Å². The fourth-order valence-corrected chi connectivity index (χ4v) is 3.91. The summed E-state index contributed by atoms with van der Waals surface area (Å²) in [6.07, 6.45) is 1.10. The van der Waals surface area contributed by atoms with Crippen LogP contribution in [0.3, 0.4) is 0 Å². The summed E-state index contributed by atoms with van der Waals surface area (Å²) in [5.41, 5.74) is 5.76. The molecule has 1 N–H and O–H groups in total. The van der Waals surface area contributed by atoms with Crippen LogP contribution >= 0.6 is 37.2 Å². The SMILES string of the molecule is CC.Cc1c(COO)ccc2c1C(C)(C)C(C)(C)C(C)(C)C2.II. The van der Waals surface area contributed by atoms with Crippen LogP contribution in [0.15, 0.2) is 12.1 Å². The van der Waals surface area contributed by atoms with Crippen molar-refractivity contribution in [2.24, 2.45) is 10.8 Å². The molecule has 0 saturated carbocycles. The minimum atomic E-state index is 0.0830. The summed E-state index contributed by atoms with van der Waals surface area (Å²) in [5, 5.41) is 8.76. The molecule has 1 aliphatic carbocycles. The van der Waals surface area contributed by atoms with Crippen LogP contribution in [-0.2, 0) is 23.3 Å². The summed E-state index contributed by atoms with van der Waals surface area (Å²) < 4.78 is 0. The van der Waals surface area contributed by atoms with Gasteiger partial charge in [0.2, 0.25) is 0 Å². The molecule has 1 aromatic carbocycles. The highest BCUT2D eigenvalue weighted by Crippen LogP contribution is 2.59. The molecule has 0 bridgehead atoms. The predicted molar refractivity (Wildman–Crippen MR) is 122 cm³/mol. The number of rotatable bonds is 2. The van der Waals surface area contributed by atoms with Crippen LogP contribution in [0.2, 0.25) is 0 Å². The molecule has 0 saturated heterocycles. The van der Waals surface area contributed by atoms with Crippen LogP contribution in [0, 0.1) is 17.8 Å². The molecule has 0 radical (unpaired) electrons. The van der Waals surface area contributed by atoms with Crippen LogP contribution in [0.25, 0.3) is 0 Å². The largest absolute Gasteiger partial charge is 0.251 e. The van der Waals surface area contributed by atoms with Gasteiger partial charge in [0.15, 0.2) is 0 Å². The van der Waals surface area contributed by atoms with Gasteiger partial charge >= 0.3 is 0 Å². The van der Waals surface area contributed by atoms with E-state index in [0.717, 1.165) is 12.0 Å². The van der Waals surface area contributed by atoms with Gasteiger partial charge < -0.3 is 0 Å². The van der Waals surface area contributed by atoms with E-state index in [-0.39, 0.29) is 22.9 Å². The lowest BCUT2D eigenvalue weighted by molar-refractivity contribution is -0.253. The molecule has 0 unspecified atom stereocenters. The van der Waals surface area contributed by atoms with Gasteiger partial charge in [0.05, 0.1) is 0 Å². The highest BCUT2D eigenvalue weighted by molar-refractivity contribution is 15.0. The van der Waals surface area contributed by atoms with Gasteiger partial charge in [0, 0.05) is 37.2 Å². The molecule has 0 heterocycles. The van der Waals surface area contributed by atoms with Crippen molar-refractivity contribution >= 4 is 37.2 Å². The van der Waals surface area contributed by atoms with Gasteiger partial charge in [-0.25, -0.2) is 4.89 Å². The van der Waals surface area contributed by atoms with Crippen LogP contribution in [0.5, 0.6) is 0 Å². The van der Waals surface area contributed by atoms with Crippen molar-refractivity contribution in [2.45, 2.75) is 80.8 Å². The average molecular weight is 560 g/mol. The van der Waals surface area contributed by atoms with E-state index >= 15 is 0 Å². The molecular weight excluding hydrogens is 526 g/mol. The smallest absolute Gasteiger partial charge is 0.107 e. The minimum absolute atomic E-state index is 0.0830. The number of benzene rings is 1. The maximum absolute atomic E-state index is 8.76. The van der Waals surface area contributed by atoms with Crippen molar-refractivity contribution in [1.29, 1.82) is 0 Å². The van der Waals surface area contributed by atoms with Crippen LogP contribution in [0.1, 0.15) is 77.6 Å². The zero-order valence-electron chi connectivity index (χ0n) is 16.7. The first-order valence-corrected chi connectivity index (χ1v) is 14.9. The normalized spacial score (nSPS) is 19.2. The molecule has 24 heavy (non-hydrogen) atoms. The molecule has 0 aromatic heterocycles. The Hall–Kier alpha value is 0.600. The molecule has 1 aliphatic rings. The fraction of sp³-hybridized carbons (Fsp3) is 0.700. The van der Waals surface area contributed by atoms with E-state index in [0.29, 0.717) is 0 Å². The lowest BCUT2D eigenvalue weighted by Gasteiger charge is -2.57. The Kier molecular flexibility index (Phi) is 9.75. The number of hydrogen-bond acceptors (Lipinski definition) is 2. The maximum Gasteiger partial charge on any atom is 0.107 e. The van der Waals surface area contributed by atoms with E-state index in [1.807, 2.05) is 13.8 Å². The third kappa shape index (κ3) is 4.29. The van der Waals surface area contributed by atoms with Gasteiger partial charge in [0.25, 0.3) is 0 Å². The Labute approximate surface area is 172 Å². The van der Waals surface area contributed by atoms with E-state index in [1.165, 1.54) is 16.7 Å². The van der Waals surface area contributed by atoms with Gasteiger partial charge in [-0.15, -0.1) is 0 Å². The predicted octanol–water partition coefficient (Wildman–Crippen LogP) is 7.67. The van der Waals surface area contributed by atoms with Gasteiger partial charge in [-0.2, -0.15) is 0 Å². The molecule has 0 amide bonds. The Morgan fingerprint density at radius 1 is 1.04 bits per heavy atom. The second-order valence-corrected chi connectivity index (χ2v) is 7.97. The van der Waals surface area contributed by atoms with Crippen molar-refractivity contribution in [1.82, 2.24) is 0 Å². The second-order valence-electron chi connectivity index (χ2n) is 7.97. The molecule has 140 valence electrons. The standard InChI is InChI=1S/C18H28O2.C2H6.I2/c1-12-14(11-20-19)9-8-13-10-16(2,3)18(6,7)17(4,5)15(12)13;2*1-2/h8-9,19H,10-11H2,1-7H3;1-2H3;. The van der Waals surface area contributed by atoms with Crippen molar-refractivity contribution in [3.05, 3.63) is 34.4 Å². The summed E-state index contributed by atoms with van der Waals surface area (Å²) in [6, 6.07) is 4.31. The number of fused-ring (bicyclic) bond motifs is 1. The number of hydrogen-bond donors (Lipinski definition) is 1. The van der Waals surface area contributed by atoms with Gasteiger partial charge in [-0.1, -0.05) is 67.5 Å². The molecule has 0 fully saturated rings. The topological polar surface area (TPSA) is 29.5 Å². The molecule has 1 aromatic rings. The fourth-order valence-electron chi connectivity index (χ4n) is 3.91. The quantitative estimate of drug-likeness (QED) is 0.229. The highest BCUT2D eigenvalue weighted by atomic mass is 128. The maximum atomic E-state index is 8.76. The summed E-state index contributed by atoms with van der Waals surface area (Å²) in [6.45, 7) is 20.6. The average Bonchev–Trinajstić information content (AvgIpc) is 2.52. The van der Waals surface area contributed by atoms with Crippen molar-refractivity contribution < 1.29 is 10.1 Å². The van der Waals surface area contributed by atoms with Crippen LogP contribution in [0.4, 0.5) is 0 Å². The van der Waals surface area contributed by atoms with Crippen molar-refractivity contribution in [2.75, 3.05) is 0 Å². The van der Waals surface area contributed by atoms with E-state index < -0.39 is 0 Å². The lowest BCUT2D eigenvalue weighted by Crippen LogP contribution is -2.52. The molecule has 2 nitrogen and oxygen atoms in total. The molecule has 2 rings (SSSR count). The second kappa shape index (κ2) is 9.51. The first-order chi connectivity index (χ1) is 11.1. The van der Waals surface area contributed by atoms with Crippen molar-refractivity contribution in [3.8, 4) is 0 Å². The monoisotopic (exact) mass is 560 g/mol. The van der Waals surface area contributed by atoms with Crippen LogP contribution < -0.4 is 0 Å². The van der Waals surface area contributed by atoms with E-state index in [2.05, 4.69) is 103 Å². The summed E-state index contributed by atoms with van der Waals surface area (Å²) in [5.74, 6) is 0. The number of halogens is 2. The zero-order valence-corrected chi connectivity index (χ0v) is 21.0. The van der Waals surface area contributed by atoms with E-state index in [1.54, 1.807) is 0 Å². The molecule has 4 heteroatoms. The molecule has 0 aliphatic heterocycles. The summed E-state index contributed by atoms with van der Waals surface area (Å²) in [4.78, 5) is 4.36. The van der Waals surface area contributed by atoms with Crippen molar-refractivity contribution in [3.63, 3.8) is 0 Å². The molecular formula is C20H34I2O2. The van der Waals surface area contributed by atoms with Crippen LogP contribution in [-0.4, -0.2) is 5.26 Å². The molecule has 0 atom stereocenters.